The molecule has 1 heterocycles. The predicted octanol–water partition coefficient (Wildman–Crippen LogP) is 3.94. The van der Waals surface area contributed by atoms with E-state index in [1.54, 1.807) is 43.7 Å². The van der Waals surface area contributed by atoms with Crippen LogP contribution < -0.4 is 9.72 Å². The summed E-state index contributed by atoms with van der Waals surface area (Å²) in [6.45, 7) is 0.369. The number of sulfonamides is 1. The van der Waals surface area contributed by atoms with Gasteiger partial charge in [0.25, 0.3) is 5.91 Å². The number of ether oxygens (including phenoxy) is 1. The van der Waals surface area contributed by atoms with E-state index in [0.717, 1.165) is 10.0 Å². The zero-order valence-electron chi connectivity index (χ0n) is 16.4. The van der Waals surface area contributed by atoms with Gasteiger partial charge in [-0.1, -0.05) is 28.1 Å². The van der Waals surface area contributed by atoms with E-state index in [0.29, 0.717) is 6.54 Å². The Balaban J connectivity index is 1.88. The van der Waals surface area contributed by atoms with E-state index in [9.17, 15) is 13.2 Å². The molecule has 0 aliphatic carbocycles. The number of carbonyl (C=O) groups is 1. The summed E-state index contributed by atoms with van der Waals surface area (Å²) in [5.41, 5.74) is 1.41. The van der Waals surface area contributed by atoms with Crippen molar-refractivity contribution in [2.24, 2.45) is 0 Å². The summed E-state index contributed by atoms with van der Waals surface area (Å²) in [6.07, 6.45) is 3.58. The predicted molar refractivity (Wildman–Crippen MR) is 116 cm³/mol. The Bertz CT molecular complexity index is 1140. The van der Waals surface area contributed by atoms with Gasteiger partial charge in [0.15, 0.2) is 12.4 Å². The van der Waals surface area contributed by atoms with Crippen LogP contribution in [0.3, 0.4) is 0 Å². The first kappa shape index (κ1) is 21.8. The van der Waals surface area contributed by atoms with Crippen molar-refractivity contribution < 1.29 is 22.9 Å². The fraction of sp³-hybridized carbons (Fsp3) is 0.143. The van der Waals surface area contributed by atoms with Crippen molar-refractivity contribution >= 4 is 37.5 Å². The summed E-state index contributed by atoms with van der Waals surface area (Å²) >= 11 is 3.30. The molecule has 1 aromatic heterocycles. The molecule has 3 aromatic rings. The lowest BCUT2D eigenvalue weighted by molar-refractivity contribution is -0.378. The largest absolute Gasteiger partial charge is 0.573 e. The fourth-order valence-corrected chi connectivity index (χ4v) is 4.24. The van der Waals surface area contributed by atoms with Crippen molar-refractivity contribution in [3.05, 3.63) is 87.3 Å². The van der Waals surface area contributed by atoms with Crippen molar-refractivity contribution in [3.8, 4) is 5.75 Å². The highest BCUT2D eigenvalue weighted by atomic mass is 79.9. The van der Waals surface area contributed by atoms with Gasteiger partial charge in [-0.05, 0) is 36.4 Å². The third-order valence-corrected chi connectivity index (χ3v) is 6.13. The molecular weight excluding hydrogens is 470 g/mol. The molecule has 3 rings (SSSR count). The molecule has 0 aliphatic rings. The molecule has 2 aromatic carbocycles. The smallest absolute Gasteiger partial charge is 0.253 e. The molecule has 30 heavy (non-hydrogen) atoms. The number of hydrogen-bond donors (Lipinski definition) is 0. The topological polar surface area (TPSA) is 91.9 Å². The van der Waals surface area contributed by atoms with Gasteiger partial charge < -0.3 is 14.4 Å². The minimum atomic E-state index is -4.10. The molecule has 0 saturated heterocycles. The maximum absolute atomic E-state index is 12.9. The molecule has 1 N–H and O–H groups in total. The second-order valence-electron chi connectivity index (χ2n) is 6.48. The molecule has 0 fully saturated rings. The van der Waals surface area contributed by atoms with Crippen molar-refractivity contribution in [3.63, 3.8) is 0 Å². The SMILES string of the molecule is COc1ccc(C(=O)N(C)Cc2ccc[nH+]c2)cc1S(=O)(=O)[N-]c1ccc(Br)cc1. The first-order valence-electron chi connectivity index (χ1n) is 8.92. The first-order valence-corrected chi connectivity index (χ1v) is 11.2. The van der Waals surface area contributed by atoms with E-state index in [4.69, 9.17) is 4.74 Å². The second kappa shape index (κ2) is 9.27. The van der Waals surface area contributed by atoms with Crippen LogP contribution in [0.1, 0.15) is 15.9 Å². The average molecular weight is 490 g/mol. The van der Waals surface area contributed by atoms with Crippen LogP contribution in [0.15, 0.2) is 76.4 Å². The lowest BCUT2D eigenvalue weighted by Crippen LogP contribution is -2.27. The summed E-state index contributed by atoms with van der Waals surface area (Å²) in [5.74, 6) is -0.200. The molecule has 0 atom stereocenters. The van der Waals surface area contributed by atoms with Crippen molar-refractivity contribution in [2.45, 2.75) is 11.4 Å². The maximum Gasteiger partial charge on any atom is 0.253 e. The van der Waals surface area contributed by atoms with Crippen LogP contribution >= 0.6 is 15.9 Å². The van der Waals surface area contributed by atoms with E-state index in [-0.39, 0.29) is 27.8 Å². The van der Waals surface area contributed by atoms with Crippen molar-refractivity contribution in [1.29, 1.82) is 0 Å². The van der Waals surface area contributed by atoms with Gasteiger partial charge in [0, 0.05) is 28.7 Å². The Morgan fingerprint density at radius 1 is 1.17 bits per heavy atom. The lowest BCUT2D eigenvalue weighted by atomic mass is 10.2. The highest BCUT2D eigenvalue weighted by molar-refractivity contribution is 9.10. The summed E-state index contributed by atoms with van der Waals surface area (Å²) in [6, 6.07) is 14.6. The standard InChI is InChI=1S/C21H19BrN3O4S/c1-25(14-15-4-3-11-23-13-15)21(26)16-5-10-19(29-2)20(12-16)30(27,28)24-18-8-6-17(22)7-9-18/h3-13H,14H2,1-2H3/q-1/p+1. The first-order chi connectivity index (χ1) is 14.3. The average Bonchev–Trinajstić information content (AvgIpc) is 2.75. The quantitative estimate of drug-likeness (QED) is 0.502. The van der Waals surface area contributed by atoms with E-state index < -0.39 is 10.0 Å². The number of nitrogens with one attached hydrogen (secondary N) is 1. The molecule has 0 aliphatic heterocycles. The van der Waals surface area contributed by atoms with Gasteiger partial charge in [-0.15, -0.1) is 5.69 Å². The van der Waals surface area contributed by atoms with Crippen molar-refractivity contribution in [2.75, 3.05) is 14.2 Å². The number of amides is 1. The van der Waals surface area contributed by atoms with E-state index in [1.165, 1.54) is 30.2 Å². The Hall–Kier alpha value is -2.91. The van der Waals surface area contributed by atoms with Gasteiger partial charge in [-0.25, -0.2) is 13.4 Å². The number of nitrogens with zero attached hydrogens (tertiary/aromatic N) is 2. The Kier molecular flexibility index (Phi) is 6.73. The molecular formula is C21H20BrN3O4S. The van der Waals surface area contributed by atoms with E-state index >= 15 is 0 Å². The summed E-state index contributed by atoms with van der Waals surface area (Å²) in [7, 11) is -1.08. The Labute approximate surface area is 183 Å². The minimum absolute atomic E-state index is 0.118. The molecule has 0 radical (unpaired) electrons. The van der Waals surface area contributed by atoms with Crippen LogP contribution in [0, 0.1) is 0 Å². The number of aromatic amines is 1. The third kappa shape index (κ3) is 5.17. The maximum atomic E-state index is 12.9. The van der Waals surface area contributed by atoms with Crippen LogP contribution in [0.25, 0.3) is 4.72 Å². The number of hydrogen-bond acceptors (Lipinski definition) is 4. The van der Waals surface area contributed by atoms with Gasteiger partial charge in [-0.3, -0.25) is 4.79 Å². The lowest BCUT2D eigenvalue weighted by Gasteiger charge is -2.24. The highest BCUT2D eigenvalue weighted by Gasteiger charge is 2.19. The number of H-pyrrole nitrogens is 1. The van der Waals surface area contributed by atoms with Crippen LogP contribution in [-0.2, 0) is 16.6 Å². The van der Waals surface area contributed by atoms with Crippen molar-refractivity contribution in [1.82, 2.24) is 4.90 Å². The number of carbonyl (C=O) groups excluding carboxylic acids is 1. The molecule has 0 spiro atoms. The number of aromatic nitrogens is 1. The summed E-state index contributed by atoms with van der Waals surface area (Å²) in [5, 5.41) is 0. The molecule has 7 nitrogen and oxygen atoms in total. The number of rotatable bonds is 7. The zero-order valence-corrected chi connectivity index (χ0v) is 18.8. The Morgan fingerprint density at radius 3 is 2.53 bits per heavy atom. The van der Waals surface area contributed by atoms with Crippen LogP contribution in [0.4, 0.5) is 5.69 Å². The zero-order chi connectivity index (χ0) is 21.7. The number of halogens is 1. The monoisotopic (exact) mass is 489 g/mol. The summed E-state index contributed by atoms with van der Waals surface area (Å²) < 4.78 is 35.7. The van der Waals surface area contributed by atoms with Crippen LogP contribution in [-0.4, -0.2) is 33.4 Å². The van der Waals surface area contributed by atoms with E-state index in [2.05, 4.69) is 25.6 Å². The number of methoxy groups -OCH3 is 1. The van der Waals surface area contributed by atoms with Crippen LogP contribution in [0.5, 0.6) is 5.75 Å². The minimum Gasteiger partial charge on any atom is -0.573 e. The molecule has 0 saturated carbocycles. The molecule has 9 heteroatoms. The molecule has 0 unspecified atom stereocenters. The fourth-order valence-electron chi connectivity index (χ4n) is 2.80. The van der Waals surface area contributed by atoms with Gasteiger partial charge >= 0.3 is 0 Å². The highest BCUT2D eigenvalue weighted by Crippen LogP contribution is 2.34. The van der Waals surface area contributed by atoms with Gasteiger partial charge in [0.2, 0.25) is 0 Å². The number of benzene rings is 2. The third-order valence-electron chi connectivity index (χ3n) is 4.28. The normalized spacial score (nSPS) is 11.0. The van der Waals surface area contributed by atoms with E-state index in [1.807, 2.05) is 12.1 Å². The van der Waals surface area contributed by atoms with Gasteiger partial charge in [0.05, 0.1) is 18.6 Å². The number of pyridine rings is 1. The molecule has 0 bridgehead atoms. The van der Waals surface area contributed by atoms with Gasteiger partial charge in [0.1, 0.15) is 15.8 Å². The summed E-state index contributed by atoms with van der Waals surface area (Å²) in [4.78, 5) is 17.2. The van der Waals surface area contributed by atoms with Gasteiger partial charge in [-0.2, -0.15) is 0 Å². The van der Waals surface area contributed by atoms with Crippen LogP contribution in [0.2, 0.25) is 0 Å². The Morgan fingerprint density at radius 2 is 1.90 bits per heavy atom. The molecule has 1 amide bonds. The second-order valence-corrected chi connectivity index (χ2v) is 8.97. The molecule has 156 valence electrons.